The van der Waals surface area contributed by atoms with Crippen LogP contribution in [0.4, 0.5) is 5.69 Å². The zero-order valence-electron chi connectivity index (χ0n) is 15.7. The first kappa shape index (κ1) is 20.5. The van der Waals surface area contributed by atoms with Gasteiger partial charge in [-0.1, -0.05) is 46.9 Å². The zero-order chi connectivity index (χ0) is 21.3. The Morgan fingerprint density at radius 2 is 1.60 bits per heavy atom. The highest BCUT2D eigenvalue weighted by atomic mass is 35.5. The normalized spacial score (nSPS) is 10.8. The molecule has 0 aliphatic heterocycles. The van der Waals surface area contributed by atoms with Crippen LogP contribution in [0.5, 0.6) is 11.5 Å². The van der Waals surface area contributed by atoms with Crippen LogP contribution in [-0.2, 0) is 0 Å². The molecule has 0 aliphatic carbocycles. The number of rotatable bonds is 4. The summed E-state index contributed by atoms with van der Waals surface area (Å²) in [5, 5.41) is 4.79. The first-order chi connectivity index (χ1) is 14.4. The predicted molar refractivity (Wildman–Crippen MR) is 122 cm³/mol. The minimum Gasteiger partial charge on any atom is -0.456 e. The Labute approximate surface area is 188 Å². The molecule has 4 rings (SSSR count). The van der Waals surface area contributed by atoms with Gasteiger partial charge in [0.1, 0.15) is 11.5 Å². The number of nitrogens with zero attached hydrogens (tertiary/aromatic N) is 1. The minimum atomic E-state index is -0.416. The zero-order valence-corrected chi connectivity index (χ0v) is 18.0. The smallest absolute Gasteiger partial charge is 0.258 e. The van der Waals surface area contributed by atoms with Gasteiger partial charge in [0.15, 0.2) is 0 Å². The number of carbonyl (C=O) groups excluding carboxylic acids is 1. The third-order valence-corrected chi connectivity index (χ3v) is 5.38. The van der Waals surface area contributed by atoms with Gasteiger partial charge in [-0.3, -0.25) is 9.78 Å². The lowest BCUT2D eigenvalue weighted by Crippen LogP contribution is -2.13. The van der Waals surface area contributed by atoms with Crippen molar-refractivity contribution in [1.82, 2.24) is 4.98 Å². The van der Waals surface area contributed by atoms with Crippen molar-refractivity contribution in [2.24, 2.45) is 0 Å². The SMILES string of the molecule is Cc1cnc2c(NC(=O)c3c(Cl)cccc3Cl)cccc2c1Oc1ccc(Cl)cc1. The van der Waals surface area contributed by atoms with E-state index in [0.29, 0.717) is 27.7 Å². The highest BCUT2D eigenvalue weighted by Gasteiger charge is 2.17. The van der Waals surface area contributed by atoms with Crippen LogP contribution < -0.4 is 10.1 Å². The Balaban J connectivity index is 1.74. The molecule has 3 aromatic carbocycles. The van der Waals surface area contributed by atoms with Gasteiger partial charge >= 0.3 is 0 Å². The summed E-state index contributed by atoms with van der Waals surface area (Å²) in [5.41, 5.74) is 2.18. The second kappa shape index (κ2) is 8.52. The molecule has 4 aromatic rings. The summed E-state index contributed by atoms with van der Waals surface area (Å²) in [6.45, 7) is 1.91. The maximum absolute atomic E-state index is 12.8. The van der Waals surface area contributed by atoms with Crippen LogP contribution in [0.1, 0.15) is 15.9 Å². The van der Waals surface area contributed by atoms with E-state index in [-0.39, 0.29) is 15.6 Å². The lowest BCUT2D eigenvalue weighted by atomic mass is 10.1. The van der Waals surface area contributed by atoms with E-state index in [9.17, 15) is 4.79 Å². The number of hydrogen-bond donors (Lipinski definition) is 1. The summed E-state index contributed by atoms with van der Waals surface area (Å²) in [7, 11) is 0. The number of amides is 1. The number of aromatic nitrogens is 1. The molecule has 0 saturated heterocycles. The van der Waals surface area contributed by atoms with E-state index in [4.69, 9.17) is 39.5 Å². The maximum atomic E-state index is 12.8. The average Bonchev–Trinajstić information content (AvgIpc) is 2.71. The molecule has 7 heteroatoms. The summed E-state index contributed by atoms with van der Waals surface area (Å²) in [4.78, 5) is 17.3. The van der Waals surface area contributed by atoms with Crippen LogP contribution in [-0.4, -0.2) is 10.9 Å². The van der Waals surface area contributed by atoms with Crippen LogP contribution in [0.15, 0.2) is 66.9 Å². The number of halogens is 3. The van der Waals surface area contributed by atoms with E-state index in [2.05, 4.69) is 10.3 Å². The lowest BCUT2D eigenvalue weighted by Gasteiger charge is -2.14. The molecule has 1 amide bonds. The third kappa shape index (κ3) is 4.08. The Bertz CT molecular complexity index is 1240. The number of aryl methyl sites for hydroxylation is 1. The number of hydrogen-bond acceptors (Lipinski definition) is 3. The molecular weight excluding hydrogens is 443 g/mol. The highest BCUT2D eigenvalue weighted by molar-refractivity contribution is 6.40. The van der Waals surface area contributed by atoms with Crippen molar-refractivity contribution in [3.05, 3.63) is 93.1 Å². The van der Waals surface area contributed by atoms with Crippen LogP contribution in [0, 0.1) is 6.92 Å². The number of benzene rings is 3. The highest BCUT2D eigenvalue weighted by Crippen LogP contribution is 2.36. The quantitative estimate of drug-likeness (QED) is 0.344. The van der Waals surface area contributed by atoms with Crippen LogP contribution >= 0.6 is 34.8 Å². The van der Waals surface area contributed by atoms with Gasteiger partial charge < -0.3 is 10.1 Å². The number of pyridine rings is 1. The van der Waals surface area contributed by atoms with Crippen molar-refractivity contribution in [2.45, 2.75) is 6.92 Å². The molecule has 1 aromatic heterocycles. The molecule has 0 fully saturated rings. The van der Waals surface area contributed by atoms with Gasteiger partial charge in [-0.25, -0.2) is 0 Å². The number of anilines is 1. The minimum absolute atomic E-state index is 0.211. The van der Waals surface area contributed by atoms with Crippen LogP contribution in [0.25, 0.3) is 10.9 Å². The summed E-state index contributed by atoms with van der Waals surface area (Å²) in [6, 6.07) is 17.5. The van der Waals surface area contributed by atoms with Gasteiger partial charge in [-0.05, 0) is 55.5 Å². The molecule has 0 atom stereocenters. The molecule has 0 spiro atoms. The summed E-state index contributed by atoms with van der Waals surface area (Å²) < 4.78 is 6.11. The summed E-state index contributed by atoms with van der Waals surface area (Å²) in [6.07, 6.45) is 1.70. The number of nitrogens with one attached hydrogen (secondary N) is 1. The van der Waals surface area contributed by atoms with E-state index < -0.39 is 5.91 Å². The van der Waals surface area contributed by atoms with Gasteiger partial charge in [0.2, 0.25) is 0 Å². The van der Waals surface area contributed by atoms with E-state index in [1.807, 2.05) is 19.1 Å². The van der Waals surface area contributed by atoms with Gasteiger partial charge in [0.05, 0.1) is 26.8 Å². The topological polar surface area (TPSA) is 51.2 Å². The fourth-order valence-electron chi connectivity index (χ4n) is 3.05. The maximum Gasteiger partial charge on any atom is 0.258 e. The Morgan fingerprint density at radius 1 is 0.933 bits per heavy atom. The van der Waals surface area contributed by atoms with E-state index >= 15 is 0 Å². The molecular formula is C23H15Cl3N2O2. The molecule has 1 heterocycles. The van der Waals surface area contributed by atoms with Gasteiger partial charge in [0, 0.05) is 22.2 Å². The second-order valence-electron chi connectivity index (χ2n) is 6.58. The van der Waals surface area contributed by atoms with Crippen molar-refractivity contribution in [3.63, 3.8) is 0 Å². The molecule has 0 aliphatic rings. The van der Waals surface area contributed by atoms with Crippen LogP contribution in [0.3, 0.4) is 0 Å². The Kier molecular flexibility index (Phi) is 5.82. The van der Waals surface area contributed by atoms with Crippen molar-refractivity contribution >= 4 is 57.3 Å². The van der Waals surface area contributed by atoms with Crippen molar-refractivity contribution in [3.8, 4) is 11.5 Å². The summed E-state index contributed by atoms with van der Waals surface area (Å²) in [5.74, 6) is 0.877. The molecule has 0 bridgehead atoms. The van der Waals surface area contributed by atoms with E-state index in [1.165, 1.54) is 0 Å². The number of ether oxygens (including phenoxy) is 1. The molecule has 30 heavy (non-hydrogen) atoms. The molecule has 150 valence electrons. The standard InChI is InChI=1S/C23H15Cl3N2O2/c1-13-12-27-21-16(22(13)30-15-10-8-14(24)9-11-15)4-2-7-19(21)28-23(29)20-17(25)5-3-6-18(20)26/h2-12H,1H3,(H,28,29). The van der Waals surface area contributed by atoms with Gasteiger partial charge in [-0.15, -0.1) is 0 Å². The molecule has 4 nitrogen and oxygen atoms in total. The number of para-hydroxylation sites is 1. The second-order valence-corrected chi connectivity index (χ2v) is 7.83. The monoisotopic (exact) mass is 456 g/mol. The van der Waals surface area contributed by atoms with E-state index in [0.717, 1.165) is 10.9 Å². The van der Waals surface area contributed by atoms with Crippen molar-refractivity contribution in [1.29, 1.82) is 0 Å². The number of carbonyl (C=O) groups is 1. The molecule has 1 N–H and O–H groups in total. The third-order valence-electron chi connectivity index (χ3n) is 4.50. The molecule has 0 saturated carbocycles. The largest absolute Gasteiger partial charge is 0.456 e. The van der Waals surface area contributed by atoms with Crippen molar-refractivity contribution in [2.75, 3.05) is 5.32 Å². The summed E-state index contributed by atoms with van der Waals surface area (Å²) >= 11 is 18.3. The first-order valence-electron chi connectivity index (χ1n) is 9.01. The fourth-order valence-corrected chi connectivity index (χ4v) is 3.75. The van der Waals surface area contributed by atoms with Gasteiger partial charge in [-0.2, -0.15) is 0 Å². The Morgan fingerprint density at radius 3 is 2.30 bits per heavy atom. The van der Waals surface area contributed by atoms with E-state index in [1.54, 1.807) is 54.7 Å². The fraction of sp³-hybridized carbons (Fsp3) is 0.0435. The molecule has 0 radical (unpaired) electrons. The average molecular weight is 458 g/mol. The lowest BCUT2D eigenvalue weighted by molar-refractivity contribution is 0.102. The van der Waals surface area contributed by atoms with Crippen molar-refractivity contribution < 1.29 is 9.53 Å². The molecule has 0 unspecified atom stereocenters. The van der Waals surface area contributed by atoms with Gasteiger partial charge in [0.25, 0.3) is 5.91 Å². The predicted octanol–water partition coefficient (Wildman–Crippen LogP) is 7.55. The number of fused-ring (bicyclic) bond motifs is 1. The first-order valence-corrected chi connectivity index (χ1v) is 10.1. The van der Waals surface area contributed by atoms with Crippen LogP contribution in [0.2, 0.25) is 15.1 Å². The Hall–Kier alpha value is -2.79.